The van der Waals surface area contributed by atoms with E-state index in [4.69, 9.17) is 15.2 Å². The third-order valence-corrected chi connectivity index (χ3v) is 5.98. The van der Waals surface area contributed by atoms with Crippen LogP contribution in [0.2, 0.25) is 0 Å². The Morgan fingerprint density at radius 2 is 1.87 bits per heavy atom. The molecule has 30 heavy (non-hydrogen) atoms. The third-order valence-electron chi connectivity index (χ3n) is 5.49. The van der Waals surface area contributed by atoms with Crippen LogP contribution in [0.15, 0.2) is 81.9 Å². The number of benzene rings is 2. The van der Waals surface area contributed by atoms with Gasteiger partial charge in [0.15, 0.2) is 5.78 Å². The number of carbonyl (C=O) groups is 2. The molecule has 1 heterocycles. The van der Waals surface area contributed by atoms with E-state index in [1.54, 1.807) is 6.92 Å². The number of nitrogens with two attached hydrogens (primary N) is 1. The molecule has 154 valence electrons. The zero-order chi connectivity index (χ0) is 21.3. The highest BCUT2D eigenvalue weighted by atomic mass is 79.9. The third kappa shape index (κ3) is 3.79. The average Bonchev–Trinajstić information content (AvgIpc) is 2.73. The summed E-state index contributed by atoms with van der Waals surface area (Å²) in [6.07, 6.45) is 0.902. The first-order valence-electron chi connectivity index (χ1n) is 9.90. The van der Waals surface area contributed by atoms with Gasteiger partial charge in [0.05, 0.1) is 12.5 Å². The van der Waals surface area contributed by atoms with Crippen LogP contribution in [0.25, 0.3) is 0 Å². The van der Waals surface area contributed by atoms with Crippen LogP contribution in [0, 0.1) is 0 Å². The molecule has 0 bridgehead atoms. The molecule has 0 fully saturated rings. The molecule has 0 saturated heterocycles. The summed E-state index contributed by atoms with van der Waals surface area (Å²) in [7, 11) is 0. The van der Waals surface area contributed by atoms with Gasteiger partial charge in [-0.3, -0.25) is 4.79 Å². The zero-order valence-corrected chi connectivity index (χ0v) is 18.1. The molecule has 2 N–H and O–H groups in total. The molecule has 0 aromatic heterocycles. The van der Waals surface area contributed by atoms with E-state index >= 15 is 0 Å². The second kappa shape index (κ2) is 8.48. The van der Waals surface area contributed by atoms with E-state index in [1.165, 1.54) is 0 Å². The summed E-state index contributed by atoms with van der Waals surface area (Å²) in [6, 6.07) is 17.4. The molecule has 0 saturated carbocycles. The zero-order valence-electron chi connectivity index (χ0n) is 16.6. The van der Waals surface area contributed by atoms with Crippen LogP contribution in [-0.2, 0) is 19.1 Å². The maximum Gasteiger partial charge on any atom is 0.340 e. The van der Waals surface area contributed by atoms with Crippen molar-refractivity contribution >= 4 is 27.7 Å². The Morgan fingerprint density at radius 3 is 2.57 bits per heavy atom. The first kappa shape index (κ1) is 20.4. The lowest BCUT2D eigenvalue weighted by molar-refractivity contribution is -0.139. The highest BCUT2D eigenvalue weighted by Gasteiger charge is 2.43. The second-order valence-corrected chi connectivity index (χ2v) is 8.28. The molecule has 0 radical (unpaired) electrons. The monoisotopic (exact) mass is 467 g/mol. The van der Waals surface area contributed by atoms with Crippen LogP contribution in [0.5, 0.6) is 0 Å². The minimum Gasteiger partial charge on any atom is -0.462 e. The standard InChI is InChI=1S/C24H22BrNO4/c1-2-29-24(28)22-20(15-9-6-10-17(25)11-15)21-18(27)12-16(13-19(21)30-23(22)26)14-7-4-3-5-8-14/h3-11,16,20H,2,12-13,26H2,1H3/t16-,20+/m1/s1. The molecule has 1 aliphatic heterocycles. The Morgan fingerprint density at radius 1 is 1.13 bits per heavy atom. The van der Waals surface area contributed by atoms with Crippen LogP contribution >= 0.6 is 15.9 Å². The van der Waals surface area contributed by atoms with Crippen LogP contribution in [-0.4, -0.2) is 18.4 Å². The van der Waals surface area contributed by atoms with E-state index in [9.17, 15) is 9.59 Å². The SMILES string of the molecule is CCOC(=O)C1=C(N)OC2=C(C(=O)C[C@@H](c3ccccc3)C2)[C@@H]1c1cccc(Br)c1. The Kier molecular flexibility index (Phi) is 5.77. The van der Waals surface area contributed by atoms with Gasteiger partial charge in [-0.15, -0.1) is 0 Å². The van der Waals surface area contributed by atoms with Crippen molar-refractivity contribution in [2.24, 2.45) is 5.73 Å². The molecule has 2 atom stereocenters. The Hall–Kier alpha value is -2.86. The van der Waals surface area contributed by atoms with E-state index in [-0.39, 0.29) is 29.8 Å². The predicted octanol–water partition coefficient (Wildman–Crippen LogP) is 4.70. The highest BCUT2D eigenvalue weighted by Crippen LogP contribution is 2.47. The smallest absolute Gasteiger partial charge is 0.340 e. The highest BCUT2D eigenvalue weighted by molar-refractivity contribution is 9.10. The summed E-state index contributed by atoms with van der Waals surface area (Å²) in [4.78, 5) is 26.1. The number of halogens is 1. The summed E-state index contributed by atoms with van der Waals surface area (Å²) in [5.41, 5.74) is 8.76. The van der Waals surface area contributed by atoms with E-state index in [1.807, 2.05) is 54.6 Å². The Labute approximate surface area is 183 Å². The van der Waals surface area contributed by atoms with Crippen LogP contribution in [0.1, 0.15) is 42.7 Å². The lowest BCUT2D eigenvalue weighted by Gasteiger charge is -2.35. The van der Waals surface area contributed by atoms with Crippen molar-refractivity contribution < 1.29 is 19.1 Å². The fourth-order valence-corrected chi connectivity index (χ4v) is 4.61. The van der Waals surface area contributed by atoms with Gasteiger partial charge in [0.25, 0.3) is 0 Å². The van der Waals surface area contributed by atoms with Gasteiger partial charge in [-0.25, -0.2) is 4.79 Å². The molecule has 0 spiro atoms. The molecule has 0 amide bonds. The first-order chi connectivity index (χ1) is 14.5. The maximum atomic E-state index is 13.3. The number of hydrogen-bond acceptors (Lipinski definition) is 5. The molecule has 1 aliphatic carbocycles. The van der Waals surface area contributed by atoms with Gasteiger partial charge in [0.2, 0.25) is 5.88 Å². The van der Waals surface area contributed by atoms with E-state index < -0.39 is 11.9 Å². The van der Waals surface area contributed by atoms with Crippen LogP contribution < -0.4 is 5.73 Å². The van der Waals surface area contributed by atoms with Crippen molar-refractivity contribution in [2.45, 2.75) is 31.6 Å². The lowest BCUT2D eigenvalue weighted by atomic mass is 9.73. The predicted molar refractivity (Wildman–Crippen MR) is 116 cm³/mol. The summed E-state index contributed by atoms with van der Waals surface area (Å²) < 4.78 is 12.0. The van der Waals surface area contributed by atoms with Crippen molar-refractivity contribution in [3.8, 4) is 0 Å². The summed E-state index contributed by atoms with van der Waals surface area (Å²) >= 11 is 3.48. The van der Waals surface area contributed by atoms with Crippen molar-refractivity contribution in [1.29, 1.82) is 0 Å². The number of Topliss-reactive ketones (excluding diaryl/α,β-unsaturated/α-hetero) is 1. The van der Waals surface area contributed by atoms with Gasteiger partial charge in [-0.2, -0.15) is 0 Å². The molecule has 6 heteroatoms. The summed E-state index contributed by atoms with van der Waals surface area (Å²) in [5.74, 6) is -0.671. The second-order valence-electron chi connectivity index (χ2n) is 7.36. The topological polar surface area (TPSA) is 78.6 Å². The molecular weight excluding hydrogens is 446 g/mol. The van der Waals surface area contributed by atoms with Gasteiger partial charge in [-0.05, 0) is 36.1 Å². The molecular formula is C24H22BrNO4. The van der Waals surface area contributed by atoms with E-state index in [0.29, 0.717) is 24.2 Å². The van der Waals surface area contributed by atoms with Crippen molar-refractivity contribution in [2.75, 3.05) is 6.61 Å². The van der Waals surface area contributed by atoms with Gasteiger partial charge in [-0.1, -0.05) is 58.4 Å². The summed E-state index contributed by atoms with van der Waals surface area (Å²) in [6.45, 7) is 1.93. The normalized spacial score (nSPS) is 21.2. The number of hydrogen-bond donors (Lipinski definition) is 1. The molecule has 4 rings (SSSR count). The van der Waals surface area contributed by atoms with Crippen LogP contribution in [0.3, 0.4) is 0 Å². The van der Waals surface area contributed by atoms with Gasteiger partial charge < -0.3 is 15.2 Å². The molecule has 2 aromatic carbocycles. The quantitative estimate of drug-likeness (QED) is 0.659. The van der Waals surface area contributed by atoms with Gasteiger partial charge in [0.1, 0.15) is 11.3 Å². The first-order valence-corrected chi connectivity index (χ1v) is 10.7. The van der Waals surface area contributed by atoms with Crippen molar-refractivity contribution in [1.82, 2.24) is 0 Å². The summed E-state index contributed by atoms with van der Waals surface area (Å²) in [5, 5.41) is 0. The van der Waals surface area contributed by atoms with Gasteiger partial charge >= 0.3 is 5.97 Å². The molecule has 0 unspecified atom stereocenters. The number of esters is 1. The number of ketones is 1. The Bertz CT molecular complexity index is 1060. The number of carbonyl (C=O) groups excluding carboxylic acids is 2. The molecule has 2 aromatic rings. The number of ether oxygens (including phenoxy) is 2. The number of allylic oxidation sites excluding steroid dienone is 2. The van der Waals surface area contributed by atoms with E-state index in [2.05, 4.69) is 15.9 Å². The van der Waals surface area contributed by atoms with Crippen molar-refractivity contribution in [3.05, 3.63) is 93.0 Å². The fraction of sp³-hybridized carbons (Fsp3) is 0.250. The van der Waals surface area contributed by atoms with Crippen LogP contribution in [0.4, 0.5) is 0 Å². The van der Waals surface area contributed by atoms with E-state index in [0.717, 1.165) is 15.6 Å². The van der Waals surface area contributed by atoms with Gasteiger partial charge in [0, 0.05) is 22.9 Å². The Balaban J connectivity index is 1.81. The fourth-order valence-electron chi connectivity index (χ4n) is 4.20. The largest absolute Gasteiger partial charge is 0.462 e. The number of rotatable bonds is 4. The minimum atomic E-state index is -0.616. The lowest BCUT2D eigenvalue weighted by Crippen LogP contribution is -2.33. The molecule has 2 aliphatic rings. The minimum absolute atomic E-state index is 0.00122. The average molecular weight is 468 g/mol. The molecule has 5 nitrogen and oxygen atoms in total. The van der Waals surface area contributed by atoms with Crippen molar-refractivity contribution in [3.63, 3.8) is 0 Å². The maximum absolute atomic E-state index is 13.3.